The first-order valence-electron chi connectivity index (χ1n) is 11.3. The summed E-state index contributed by atoms with van der Waals surface area (Å²) in [4.78, 5) is 28.9. The summed E-state index contributed by atoms with van der Waals surface area (Å²) in [6.45, 7) is 9.57. The fourth-order valence-electron chi connectivity index (χ4n) is 4.08. The number of carbonyl (C=O) groups is 2. The van der Waals surface area contributed by atoms with E-state index in [1.807, 2.05) is 62.4 Å². The van der Waals surface area contributed by atoms with E-state index in [0.717, 1.165) is 23.3 Å². The molecule has 1 unspecified atom stereocenters. The van der Waals surface area contributed by atoms with E-state index in [-0.39, 0.29) is 11.8 Å². The van der Waals surface area contributed by atoms with Gasteiger partial charge in [0, 0.05) is 17.7 Å². The molecule has 2 aromatic carbocycles. The normalized spacial score (nSPS) is 18.5. The first-order valence-corrected chi connectivity index (χ1v) is 11.3. The minimum Gasteiger partial charge on any atom is -0.494 e. The third-order valence-electron chi connectivity index (χ3n) is 6.07. The Morgan fingerprint density at radius 1 is 1.16 bits per heavy atom. The fraction of sp³-hybridized carbons (Fsp3) is 0.462. The van der Waals surface area contributed by atoms with Gasteiger partial charge in [-0.2, -0.15) is 0 Å². The minimum absolute atomic E-state index is 0.0943. The average Bonchev–Trinajstić information content (AvgIpc) is 2.86. The maximum Gasteiger partial charge on any atom is 0.255 e. The van der Waals surface area contributed by atoms with Gasteiger partial charge in [-0.25, -0.2) is 0 Å². The van der Waals surface area contributed by atoms with Gasteiger partial charge >= 0.3 is 0 Å². The molecule has 3 rings (SSSR count). The van der Waals surface area contributed by atoms with Gasteiger partial charge in [-0.15, -0.1) is 0 Å². The molecule has 0 saturated heterocycles. The zero-order chi connectivity index (χ0) is 22.4. The number of para-hydroxylation sites is 1. The largest absolute Gasteiger partial charge is 0.494 e. The van der Waals surface area contributed by atoms with Crippen molar-refractivity contribution in [2.24, 2.45) is 5.92 Å². The van der Waals surface area contributed by atoms with E-state index in [2.05, 4.69) is 19.2 Å². The van der Waals surface area contributed by atoms with Gasteiger partial charge in [0.05, 0.1) is 13.2 Å². The molecule has 1 aliphatic rings. The van der Waals surface area contributed by atoms with Crippen molar-refractivity contribution in [3.8, 4) is 5.75 Å². The highest BCUT2D eigenvalue weighted by atomic mass is 16.5. The summed E-state index contributed by atoms with van der Waals surface area (Å²) in [6.07, 6.45) is 2.16. The van der Waals surface area contributed by atoms with Crippen molar-refractivity contribution >= 4 is 11.8 Å². The number of hydrogen-bond acceptors (Lipinski definition) is 3. The standard InChI is InChI=1S/C26H34N2O3/c1-5-31-23-13-9-7-11-21(23)18-28-24(29)22-12-8-6-10-20(22)14-16-26(28,4)25(30)27-17-15-19(2)3/h6-13,19H,5,14-18H2,1-4H3,(H,27,30). The summed E-state index contributed by atoms with van der Waals surface area (Å²) < 4.78 is 5.80. The van der Waals surface area contributed by atoms with Crippen molar-refractivity contribution < 1.29 is 14.3 Å². The van der Waals surface area contributed by atoms with Gasteiger partial charge in [0.1, 0.15) is 11.3 Å². The van der Waals surface area contributed by atoms with E-state index in [1.165, 1.54) is 0 Å². The predicted molar refractivity (Wildman–Crippen MR) is 123 cm³/mol. The minimum atomic E-state index is -0.952. The lowest BCUT2D eigenvalue weighted by molar-refractivity contribution is -0.132. The zero-order valence-electron chi connectivity index (χ0n) is 19.1. The number of ether oxygens (including phenoxy) is 1. The van der Waals surface area contributed by atoms with Crippen LogP contribution in [0.5, 0.6) is 5.75 Å². The molecule has 5 heteroatoms. The number of nitrogens with one attached hydrogen (secondary N) is 1. The molecule has 2 aromatic rings. The van der Waals surface area contributed by atoms with Crippen LogP contribution in [0.4, 0.5) is 0 Å². The maximum atomic E-state index is 13.7. The monoisotopic (exact) mass is 422 g/mol. The van der Waals surface area contributed by atoms with Crippen LogP contribution in [-0.2, 0) is 17.8 Å². The molecule has 2 amide bonds. The van der Waals surface area contributed by atoms with Crippen LogP contribution in [0.1, 0.15) is 62.0 Å². The topological polar surface area (TPSA) is 58.6 Å². The van der Waals surface area contributed by atoms with Gasteiger partial charge in [0.2, 0.25) is 5.91 Å². The SMILES string of the molecule is CCOc1ccccc1CN1C(=O)c2ccccc2CCC1(C)C(=O)NCCC(C)C. The highest BCUT2D eigenvalue weighted by molar-refractivity contribution is 6.01. The number of aryl methyl sites for hydroxylation is 1. The Balaban J connectivity index is 1.98. The molecule has 0 spiro atoms. The van der Waals surface area contributed by atoms with Gasteiger partial charge in [0.25, 0.3) is 5.91 Å². The van der Waals surface area contributed by atoms with E-state index in [4.69, 9.17) is 4.74 Å². The quantitative estimate of drug-likeness (QED) is 0.677. The highest BCUT2D eigenvalue weighted by Crippen LogP contribution is 2.33. The summed E-state index contributed by atoms with van der Waals surface area (Å²) in [6, 6.07) is 15.4. The molecule has 0 aliphatic carbocycles. The summed E-state index contributed by atoms with van der Waals surface area (Å²) in [5.74, 6) is 1.05. The van der Waals surface area contributed by atoms with Gasteiger partial charge in [-0.1, -0.05) is 50.2 Å². The molecule has 5 nitrogen and oxygen atoms in total. The number of fused-ring (bicyclic) bond motifs is 1. The number of carbonyl (C=O) groups excluding carboxylic acids is 2. The van der Waals surface area contributed by atoms with Crippen molar-refractivity contribution in [3.63, 3.8) is 0 Å². The van der Waals surface area contributed by atoms with E-state index >= 15 is 0 Å². The second-order valence-electron chi connectivity index (χ2n) is 8.80. The van der Waals surface area contributed by atoms with Gasteiger partial charge in [-0.05, 0) is 56.7 Å². The molecular weight excluding hydrogens is 388 g/mol. The zero-order valence-corrected chi connectivity index (χ0v) is 19.1. The number of amides is 2. The molecule has 0 saturated carbocycles. The second-order valence-corrected chi connectivity index (χ2v) is 8.80. The van der Waals surface area contributed by atoms with E-state index in [9.17, 15) is 9.59 Å². The van der Waals surface area contributed by atoms with Gasteiger partial charge in [0.15, 0.2) is 0 Å². The Morgan fingerprint density at radius 2 is 1.87 bits per heavy atom. The number of nitrogens with zero attached hydrogens (tertiary/aromatic N) is 1. The van der Waals surface area contributed by atoms with Crippen LogP contribution in [0.15, 0.2) is 48.5 Å². The smallest absolute Gasteiger partial charge is 0.255 e. The van der Waals surface area contributed by atoms with Gasteiger partial charge < -0.3 is 15.0 Å². The Morgan fingerprint density at radius 3 is 2.61 bits per heavy atom. The highest BCUT2D eigenvalue weighted by Gasteiger charge is 2.44. The lowest BCUT2D eigenvalue weighted by Crippen LogP contribution is -2.58. The fourth-order valence-corrected chi connectivity index (χ4v) is 4.08. The first kappa shape index (κ1) is 22.9. The van der Waals surface area contributed by atoms with Crippen LogP contribution in [-0.4, -0.2) is 35.4 Å². The molecule has 166 valence electrons. The average molecular weight is 423 g/mol. The summed E-state index contributed by atoms with van der Waals surface area (Å²) in [5, 5.41) is 3.09. The van der Waals surface area contributed by atoms with Gasteiger partial charge in [-0.3, -0.25) is 9.59 Å². The van der Waals surface area contributed by atoms with E-state index in [0.29, 0.717) is 44.0 Å². The van der Waals surface area contributed by atoms with Crippen LogP contribution >= 0.6 is 0 Å². The van der Waals surface area contributed by atoms with Crippen molar-refractivity contribution in [1.29, 1.82) is 0 Å². The lowest BCUT2D eigenvalue weighted by atomic mass is 9.91. The maximum absolute atomic E-state index is 13.7. The molecule has 0 radical (unpaired) electrons. The second kappa shape index (κ2) is 9.99. The van der Waals surface area contributed by atoms with Crippen molar-refractivity contribution in [2.75, 3.05) is 13.2 Å². The van der Waals surface area contributed by atoms with Crippen LogP contribution in [0.3, 0.4) is 0 Å². The molecule has 0 bridgehead atoms. The van der Waals surface area contributed by atoms with Crippen LogP contribution in [0.2, 0.25) is 0 Å². The Hall–Kier alpha value is -2.82. The Labute approximate surface area is 185 Å². The van der Waals surface area contributed by atoms with Crippen LogP contribution in [0.25, 0.3) is 0 Å². The lowest BCUT2D eigenvalue weighted by Gasteiger charge is -2.39. The van der Waals surface area contributed by atoms with E-state index in [1.54, 1.807) is 4.90 Å². The third-order valence-corrected chi connectivity index (χ3v) is 6.07. The molecule has 31 heavy (non-hydrogen) atoms. The molecule has 1 aliphatic heterocycles. The third kappa shape index (κ3) is 5.09. The molecule has 1 atom stereocenters. The number of hydrogen-bond donors (Lipinski definition) is 1. The predicted octanol–water partition coefficient (Wildman–Crippen LogP) is 4.59. The van der Waals surface area contributed by atoms with Crippen molar-refractivity contribution in [2.45, 2.75) is 59.0 Å². The van der Waals surface area contributed by atoms with Crippen LogP contribution in [0, 0.1) is 5.92 Å². The molecule has 1 N–H and O–H groups in total. The Kier molecular flexibility index (Phi) is 7.37. The Bertz CT molecular complexity index is 924. The summed E-state index contributed by atoms with van der Waals surface area (Å²) >= 11 is 0. The molecular formula is C26H34N2O3. The first-order chi connectivity index (χ1) is 14.9. The number of rotatable bonds is 8. The van der Waals surface area contributed by atoms with Crippen molar-refractivity contribution in [3.05, 3.63) is 65.2 Å². The number of benzene rings is 2. The molecule has 0 aromatic heterocycles. The van der Waals surface area contributed by atoms with Crippen LogP contribution < -0.4 is 10.1 Å². The summed E-state index contributed by atoms with van der Waals surface area (Å²) in [5.41, 5.74) is 1.62. The summed E-state index contributed by atoms with van der Waals surface area (Å²) in [7, 11) is 0. The van der Waals surface area contributed by atoms with Crippen molar-refractivity contribution in [1.82, 2.24) is 10.2 Å². The van der Waals surface area contributed by atoms with E-state index < -0.39 is 5.54 Å². The molecule has 0 fully saturated rings. The molecule has 1 heterocycles.